The highest BCUT2D eigenvalue weighted by Gasteiger charge is 2.28. The Bertz CT molecular complexity index is 1120. The van der Waals surface area contributed by atoms with Crippen molar-refractivity contribution in [1.82, 2.24) is 14.9 Å². The summed E-state index contributed by atoms with van der Waals surface area (Å²) in [6.07, 6.45) is 4.49. The molecular weight excluding hydrogens is 458 g/mol. The molecule has 1 atom stereocenters. The summed E-state index contributed by atoms with van der Waals surface area (Å²) in [5.74, 6) is 1.38. The Morgan fingerprint density at radius 1 is 1.21 bits per heavy atom. The maximum atomic E-state index is 12.1. The summed E-state index contributed by atoms with van der Waals surface area (Å²) in [6.45, 7) is 7.73. The van der Waals surface area contributed by atoms with E-state index in [2.05, 4.69) is 20.0 Å². The normalized spacial score (nSPS) is 17.2. The first kappa shape index (κ1) is 25.4. The number of carbonyl (C=O) groups is 1. The number of amidine groups is 1. The highest BCUT2D eigenvalue weighted by Crippen LogP contribution is 2.20. The predicted molar refractivity (Wildman–Crippen MR) is 128 cm³/mol. The van der Waals surface area contributed by atoms with Crippen molar-refractivity contribution in [2.24, 2.45) is 11.1 Å². The molecule has 2 aromatic rings. The van der Waals surface area contributed by atoms with Crippen LogP contribution in [0.3, 0.4) is 0 Å². The van der Waals surface area contributed by atoms with Crippen LogP contribution in [0.5, 0.6) is 5.75 Å². The van der Waals surface area contributed by atoms with Crippen molar-refractivity contribution < 1.29 is 23.2 Å². The van der Waals surface area contributed by atoms with Gasteiger partial charge in [-0.1, -0.05) is 31.1 Å². The second kappa shape index (κ2) is 10.8. The van der Waals surface area contributed by atoms with Crippen LogP contribution in [-0.4, -0.2) is 72.0 Å². The Kier molecular flexibility index (Phi) is 8.08. The quantitative estimate of drug-likeness (QED) is 0.257. The molecule has 0 spiro atoms. The van der Waals surface area contributed by atoms with Gasteiger partial charge in [0.05, 0.1) is 23.7 Å². The number of piperazine rings is 1. The molecule has 10 nitrogen and oxygen atoms in total. The second-order valence-electron chi connectivity index (χ2n) is 8.73. The number of anilines is 1. The van der Waals surface area contributed by atoms with Crippen molar-refractivity contribution in [3.8, 4) is 5.75 Å². The SMILES string of the molecule is CC(C)C(=O)C/C(=N\O)N1CCN(c2ncc(OCc3ccc(S(C)(=O)=O)cc3)cn2)[C@H](C)C1. The van der Waals surface area contributed by atoms with Gasteiger partial charge in [-0.3, -0.25) is 4.79 Å². The molecule has 3 rings (SSSR count). The maximum Gasteiger partial charge on any atom is 0.225 e. The smallest absolute Gasteiger partial charge is 0.225 e. The number of nitrogens with zero attached hydrogens (tertiary/aromatic N) is 5. The van der Waals surface area contributed by atoms with Crippen molar-refractivity contribution in [3.63, 3.8) is 0 Å². The van der Waals surface area contributed by atoms with Crippen molar-refractivity contribution in [3.05, 3.63) is 42.2 Å². The van der Waals surface area contributed by atoms with Crippen LogP contribution < -0.4 is 9.64 Å². The zero-order valence-electron chi connectivity index (χ0n) is 19.9. The van der Waals surface area contributed by atoms with Gasteiger partial charge in [0.2, 0.25) is 5.95 Å². The summed E-state index contributed by atoms with van der Waals surface area (Å²) in [5.41, 5.74) is 0.832. The molecule has 0 saturated carbocycles. The first-order valence-electron chi connectivity index (χ1n) is 11.1. The Balaban J connectivity index is 1.56. The Hall–Kier alpha value is -3.21. The monoisotopic (exact) mass is 489 g/mol. The maximum absolute atomic E-state index is 12.1. The lowest BCUT2D eigenvalue weighted by Crippen LogP contribution is -2.54. The first-order valence-corrected chi connectivity index (χ1v) is 13.0. The fourth-order valence-electron chi connectivity index (χ4n) is 3.59. The molecular formula is C23H31N5O5S. The van der Waals surface area contributed by atoms with E-state index in [0.717, 1.165) is 5.56 Å². The third kappa shape index (κ3) is 6.43. The Morgan fingerprint density at radius 3 is 2.38 bits per heavy atom. The van der Waals surface area contributed by atoms with Gasteiger partial charge in [-0.2, -0.15) is 0 Å². The predicted octanol–water partition coefficient (Wildman–Crippen LogP) is 2.37. The van der Waals surface area contributed by atoms with Crippen molar-refractivity contribution in [2.45, 2.75) is 44.7 Å². The van der Waals surface area contributed by atoms with Crippen LogP contribution in [0.15, 0.2) is 46.7 Å². The van der Waals surface area contributed by atoms with E-state index in [-0.39, 0.29) is 35.7 Å². The molecule has 1 aliphatic rings. The van der Waals surface area contributed by atoms with Crippen LogP contribution >= 0.6 is 0 Å². The van der Waals surface area contributed by atoms with Crippen LogP contribution in [0.1, 0.15) is 32.8 Å². The molecule has 34 heavy (non-hydrogen) atoms. The molecule has 0 radical (unpaired) electrons. The molecule has 1 aromatic heterocycles. The lowest BCUT2D eigenvalue weighted by atomic mass is 10.0. The molecule has 11 heteroatoms. The highest BCUT2D eigenvalue weighted by atomic mass is 32.2. The van der Waals surface area contributed by atoms with Gasteiger partial charge in [0.25, 0.3) is 0 Å². The number of hydrogen-bond acceptors (Lipinski definition) is 9. The van der Waals surface area contributed by atoms with E-state index in [0.29, 0.717) is 37.2 Å². The molecule has 0 amide bonds. The average Bonchev–Trinajstić information content (AvgIpc) is 2.81. The van der Waals surface area contributed by atoms with Gasteiger partial charge in [0.15, 0.2) is 21.4 Å². The summed E-state index contributed by atoms with van der Waals surface area (Å²) in [5, 5.41) is 12.8. The number of rotatable bonds is 8. The van der Waals surface area contributed by atoms with Gasteiger partial charge in [-0.15, -0.1) is 0 Å². The summed E-state index contributed by atoms with van der Waals surface area (Å²) >= 11 is 0. The number of ether oxygens (including phenoxy) is 1. The molecule has 1 aromatic carbocycles. The number of Topliss-reactive ketones (excluding diaryl/α,β-unsaturated/α-hetero) is 1. The molecule has 0 aliphatic carbocycles. The minimum Gasteiger partial charge on any atom is -0.486 e. The summed E-state index contributed by atoms with van der Waals surface area (Å²) in [4.78, 5) is 25.2. The van der Waals surface area contributed by atoms with Gasteiger partial charge in [-0.25, -0.2) is 18.4 Å². The topological polar surface area (TPSA) is 125 Å². The lowest BCUT2D eigenvalue weighted by Gasteiger charge is -2.40. The first-order chi connectivity index (χ1) is 16.1. The second-order valence-corrected chi connectivity index (χ2v) is 10.7. The van der Waals surface area contributed by atoms with E-state index in [4.69, 9.17) is 4.74 Å². The molecule has 0 bridgehead atoms. The summed E-state index contributed by atoms with van der Waals surface area (Å²) in [7, 11) is -3.23. The van der Waals surface area contributed by atoms with Crippen molar-refractivity contribution in [1.29, 1.82) is 0 Å². The summed E-state index contributed by atoms with van der Waals surface area (Å²) in [6, 6.07) is 6.58. The molecule has 2 heterocycles. The van der Waals surface area contributed by atoms with Crippen molar-refractivity contribution >= 4 is 27.4 Å². The number of aromatic nitrogens is 2. The fourth-order valence-corrected chi connectivity index (χ4v) is 4.22. The van der Waals surface area contributed by atoms with Gasteiger partial charge in [0, 0.05) is 37.8 Å². The van der Waals surface area contributed by atoms with E-state index >= 15 is 0 Å². The van der Waals surface area contributed by atoms with Crippen LogP contribution in [0.4, 0.5) is 5.95 Å². The Morgan fingerprint density at radius 2 is 1.85 bits per heavy atom. The minimum absolute atomic E-state index is 0.0353. The zero-order chi connectivity index (χ0) is 24.9. The lowest BCUT2D eigenvalue weighted by molar-refractivity contribution is -0.120. The van der Waals surface area contributed by atoms with Gasteiger partial charge >= 0.3 is 0 Å². The van der Waals surface area contributed by atoms with Crippen LogP contribution in [-0.2, 0) is 21.2 Å². The van der Waals surface area contributed by atoms with E-state index in [1.807, 2.05) is 25.7 Å². The fraction of sp³-hybridized carbons (Fsp3) is 0.478. The molecule has 184 valence electrons. The number of ketones is 1. The Labute approximate surface area is 200 Å². The van der Waals surface area contributed by atoms with E-state index in [1.54, 1.807) is 36.7 Å². The average molecular weight is 490 g/mol. The van der Waals surface area contributed by atoms with Crippen LogP contribution in [0.25, 0.3) is 0 Å². The molecule has 1 saturated heterocycles. The number of hydrogen-bond donors (Lipinski definition) is 1. The zero-order valence-corrected chi connectivity index (χ0v) is 20.7. The van der Waals surface area contributed by atoms with Gasteiger partial charge in [-0.05, 0) is 24.6 Å². The molecule has 1 N–H and O–H groups in total. The standard InChI is InChI=1S/C23H31N5O5S/c1-16(2)21(29)11-22(26-30)27-9-10-28(17(3)14-27)23-24-12-19(13-25-23)33-15-18-5-7-20(8-6-18)34(4,31)32/h5-8,12-13,16-17,30H,9-11,14-15H2,1-4H3/b26-22+/t17-/m1/s1. The van der Waals surface area contributed by atoms with E-state index in [1.165, 1.54) is 6.26 Å². The van der Waals surface area contributed by atoms with E-state index in [9.17, 15) is 18.4 Å². The third-order valence-corrected chi connectivity index (χ3v) is 6.84. The van der Waals surface area contributed by atoms with Crippen LogP contribution in [0.2, 0.25) is 0 Å². The summed E-state index contributed by atoms with van der Waals surface area (Å²) < 4.78 is 28.8. The largest absolute Gasteiger partial charge is 0.486 e. The van der Waals surface area contributed by atoms with Gasteiger partial charge < -0.3 is 19.7 Å². The van der Waals surface area contributed by atoms with Crippen LogP contribution in [0, 0.1) is 5.92 Å². The van der Waals surface area contributed by atoms with Crippen molar-refractivity contribution in [2.75, 3.05) is 30.8 Å². The number of sulfone groups is 1. The number of oxime groups is 1. The number of carbonyl (C=O) groups excluding carboxylic acids is 1. The minimum atomic E-state index is -3.23. The molecule has 0 unspecified atom stereocenters. The third-order valence-electron chi connectivity index (χ3n) is 5.71. The van der Waals surface area contributed by atoms with E-state index < -0.39 is 9.84 Å². The molecule has 1 fully saturated rings. The number of benzene rings is 1. The molecule has 1 aliphatic heterocycles. The highest BCUT2D eigenvalue weighted by molar-refractivity contribution is 7.90. The van der Waals surface area contributed by atoms with Gasteiger partial charge in [0.1, 0.15) is 12.4 Å².